The molecule has 1 N–H and O–H groups in total. The van der Waals surface area contributed by atoms with Crippen molar-refractivity contribution in [2.24, 2.45) is 0 Å². The summed E-state index contributed by atoms with van der Waals surface area (Å²) < 4.78 is 20.2. The Hall–Kier alpha value is -4.27. The Morgan fingerprint density at radius 3 is 2.42 bits per heavy atom. The summed E-state index contributed by atoms with van der Waals surface area (Å²) in [5, 5.41) is 11.1. The van der Waals surface area contributed by atoms with Crippen molar-refractivity contribution in [3.63, 3.8) is 0 Å². The Labute approximate surface area is 208 Å². The topological polar surface area (TPSA) is 89.4 Å². The fraction of sp³-hybridized carbons (Fsp3) is 0.259. The molecule has 0 fully saturated rings. The molecule has 0 bridgehead atoms. The van der Waals surface area contributed by atoms with Gasteiger partial charge in [0.05, 0.1) is 12.6 Å². The van der Waals surface area contributed by atoms with Gasteiger partial charge in [-0.15, -0.1) is 5.10 Å². The number of amides is 2. The van der Waals surface area contributed by atoms with Crippen LogP contribution in [-0.4, -0.2) is 44.9 Å². The number of aromatic nitrogens is 3. The van der Waals surface area contributed by atoms with E-state index in [1.165, 1.54) is 28.9 Å². The first-order valence-electron chi connectivity index (χ1n) is 11.7. The van der Waals surface area contributed by atoms with Gasteiger partial charge in [-0.05, 0) is 67.4 Å². The number of para-hydroxylation sites is 1. The third-order valence-corrected chi connectivity index (χ3v) is 6.13. The van der Waals surface area contributed by atoms with Gasteiger partial charge in [0.1, 0.15) is 29.7 Å². The first-order valence-corrected chi connectivity index (χ1v) is 11.7. The maximum atomic E-state index is 13.8. The number of ether oxygens (including phenoxy) is 1. The van der Waals surface area contributed by atoms with Crippen LogP contribution < -0.4 is 10.1 Å². The summed E-state index contributed by atoms with van der Waals surface area (Å²) >= 11 is 0. The van der Waals surface area contributed by atoms with Gasteiger partial charge < -0.3 is 15.0 Å². The number of halogens is 1. The van der Waals surface area contributed by atoms with Crippen molar-refractivity contribution in [1.82, 2.24) is 19.9 Å². The van der Waals surface area contributed by atoms with Gasteiger partial charge >= 0.3 is 0 Å². The lowest BCUT2D eigenvalue weighted by molar-refractivity contribution is -0.142. The van der Waals surface area contributed by atoms with E-state index in [2.05, 4.69) is 15.6 Å². The average Bonchev–Trinajstić information content (AvgIpc) is 3.30. The fourth-order valence-electron chi connectivity index (χ4n) is 4.05. The molecule has 4 rings (SSSR count). The molecule has 0 spiro atoms. The summed E-state index contributed by atoms with van der Waals surface area (Å²) in [7, 11) is 1.56. The quantitative estimate of drug-likeness (QED) is 0.372. The number of carbonyl (C=O) groups is 2. The molecule has 3 aromatic carbocycles. The van der Waals surface area contributed by atoms with Crippen LogP contribution >= 0.6 is 0 Å². The van der Waals surface area contributed by atoms with E-state index < -0.39 is 17.8 Å². The molecule has 0 saturated carbocycles. The smallest absolute Gasteiger partial charge is 0.251 e. The van der Waals surface area contributed by atoms with Gasteiger partial charge in [0.2, 0.25) is 5.91 Å². The minimum absolute atomic E-state index is 0.0820. The van der Waals surface area contributed by atoms with E-state index in [1.54, 1.807) is 36.3 Å². The molecule has 0 saturated heterocycles. The zero-order valence-corrected chi connectivity index (χ0v) is 20.4. The molecule has 2 atom stereocenters. The lowest BCUT2D eigenvalue weighted by Crippen LogP contribution is -2.47. The van der Waals surface area contributed by atoms with Crippen LogP contribution in [-0.2, 0) is 16.1 Å². The number of nitrogens with one attached hydrogen (secondary N) is 1. The second-order valence-corrected chi connectivity index (χ2v) is 8.47. The highest BCUT2D eigenvalue weighted by molar-refractivity contribution is 5.98. The number of fused-ring (bicyclic) bond motifs is 1. The van der Waals surface area contributed by atoms with E-state index in [0.717, 1.165) is 5.52 Å². The lowest BCUT2D eigenvalue weighted by atomic mass is 10.0. The molecule has 36 heavy (non-hydrogen) atoms. The van der Waals surface area contributed by atoms with Crippen molar-refractivity contribution >= 4 is 28.5 Å². The molecule has 1 heterocycles. The van der Waals surface area contributed by atoms with Crippen molar-refractivity contribution < 1.29 is 18.7 Å². The normalized spacial score (nSPS) is 12.7. The number of hydrogen-bond donors (Lipinski definition) is 1. The molecule has 186 valence electrons. The van der Waals surface area contributed by atoms with Crippen molar-refractivity contribution in [2.45, 2.75) is 38.9 Å². The third kappa shape index (κ3) is 5.35. The molecule has 9 heteroatoms. The van der Waals surface area contributed by atoms with Crippen LogP contribution in [0.3, 0.4) is 0 Å². The zero-order chi connectivity index (χ0) is 25.7. The number of methoxy groups -OCH3 is 1. The van der Waals surface area contributed by atoms with Crippen LogP contribution in [0.2, 0.25) is 0 Å². The summed E-state index contributed by atoms with van der Waals surface area (Å²) in [6, 6.07) is 18.7. The Bertz CT molecular complexity index is 1340. The van der Waals surface area contributed by atoms with Gasteiger partial charge in [-0.1, -0.05) is 36.4 Å². The Balaban J connectivity index is 1.71. The van der Waals surface area contributed by atoms with Gasteiger partial charge in [-0.25, -0.2) is 9.07 Å². The molecule has 4 aromatic rings. The number of rotatable bonds is 9. The molecular formula is C27H28FN5O3. The molecule has 0 aliphatic carbocycles. The second kappa shape index (κ2) is 11.0. The van der Waals surface area contributed by atoms with Crippen molar-refractivity contribution in [2.75, 3.05) is 12.4 Å². The van der Waals surface area contributed by atoms with Crippen LogP contribution in [0.25, 0.3) is 11.0 Å². The SMILES string of the molecule is CC[C@H](C)N(C(=O)Cn1nnc2ccccc21)[C@H](C(=O)Nc1ccc(F)cc1)c1ccc(OC)cc1. The molecular weight excluding hydrogens is 461 g/mol. The third-order valence-electron chi connectivity index (χ3n) is 6.13. The average molecular weight is 490 g/mol. The van der Waals surface area contributed by atoms with Crippen LogP contribution in [0.4, 0.5) is 10.1 Å². The molecule has 8 nitrogen and oxygen atoms in total. The lowest BCUT2D eigenvalue weighted by Gasteiger charge is -2.36. The summed E-state index contributed by atoms with van der Waals surface area (Å²) in [5.74, 6) is -0.470. The monoisotopic (exact) mass is 489 g/mol. The Morgan fingerprint density at radius 1 is 1.06 bits per heavy atom. The fourth-order valence-corrected chi connectivity index (χ4v) is 4.05. The van der Waals surface area contributed by atoms with Crippen LogP contribution in [0.1, 0.15) is 31.9 Å². The minimum atomic E-state index is -0.946. The van der Waals surface area contributed by atoms with Gasteiger partial charge in [-0.2, -0.15) is 0 Å². The van der Waals surface area contributed by atoms with Crippen molar-refractivity contribution in [1.29, 1.82) is 0 Å². The number of nitrogens with zero attached hydrogens (tertiary/aromatic N) is 4. The summed E-state index contributed by atoms with van der Waals surface area (Å²) in [5.41, 5.74) is 2.46. The summed E-state index contributed by atoms with van der Waals surface area (Å²) in [6.07, 6.45) is 0.625. The number of hydrogen-bond acceptors (Lipinski definition) is 5. The standard InChI is InChI=1S/C27H28FN5O3/c1-4-18(2)33(25(34)17-32-24-8-6-5-7-23(24)30-31-32)26(19-9-15-22(36-3)16-10-19)27(35)29-21-13-11-20(28)12-14-21/h5-16,18,26H,4,17H2,1-3H3,(H,29,35)/t18-,26-/m0/s1. The molecule has 0 aliphatic heterocycles. The molecule has 2 amide bonds. The van der Waals surface area contributed by atoms with E-state index in [9.17, 15) is 14.0 Å². The summed E-state index contributed by atoms with van der Waals surface area (Å²) in [4.78, 5) is 29.0. The second-order valence-electron chi connectivity index (χ2n) is 8.47. The molecule has 0 aliphatic rings. The molecule has 1 aromatic heterocycles. The predicted octanol–water partition coefficient (Wildman–Crippen LogP) is 4.59. The van der Waals surface area contributed by atoms with Gasteiger partial charge in [0.15, 0.2) is 0 Å². The first-order chi connectivity index (χ1) is 17.4. The van der Waals surface area contributed by atoms with E-state index in [1.807, 2.05) is 38.1 Å². The van der Waals surface area contributed by atoms with E-state index >= 15 is 0 Å². The first kappa shape index (κ1) is 24.8. The Kier molecular flexibility index (Phi) is 7.58. The van der Waals surface area contributed by atoms with E-state index in [-0.39, 0.29) is 18.5 Å². The Morgan fingerprint density at radius 2 is 1.75 bits per heavy atom. The number of benzene rings is 3. The van der Waals surface area contributed by atoms with E-state index in [4.69, 9.17) is 4.74 Å². The highest BCUT2D eigenvalue weighted by Crippen LogP contribution is 2.29. The van der Waals surface area contributed by atoms with Gasteiger partial charge in [0, 0.05) is 11.7 Å². The molecule has 0 unspecified atom stereocenters. The molecule has 0 radical (unpaired) electrons. The minimum Gasteiger partial charge on any atom is -0.497 e. The van der Waals surface area contributed by atoms with E-state index in [0.29, 0.717) is 28.9 Å². The largest absolute Gasteiger partial charge is 0.497 e. The highest BCUT2D eigenvalue weighted by Gasteiger charge is 2.34. The van der Waals surface area contributed by atoms with Crippen LogP contribution in [0.5, 0.6) is 5.75 Å². The number of carbonyl (C=O) groups excluding carboxylic acids is 2. The van der Waals surface area contributed by atoms with Crippen LogP contribution in [0, 0.1) is 5.82 Å². The predicted molar refractivity (Wildman–Crippen MR) is 135 cm³/mol. The maximum absolute atomic E-state index is 13.8. The van der Waals surface area contributed by atoms with Crippen molar-refractivity contribution in [3.8, 4) is 5.75 Å². The number of anilines is 1. The maximum Gasteiger partial charge on any atom is 0.251 e. The van der Waals surface area contributed by atoms with Gasteiger partial charge in [-0.3, -0.25) is 9.59 Å². The highest BCUT2D eigenvalue weighted by atomic mass is 19.1. The summed E-state index contributed by atoms with van der Waals surface area (Å²) in [6.45, 7) is 3.78. The zero-order valence-electron chi connectivity index (χ0n) is 20.4. The van der Waals surface area contributed by atoms with Crippen molar-refractivity contribution in [3.05, 3.63) is 84.2 Å². The van der Waals surface area contributed by atoms with Gasteiger partial charge in [0.25, 0.3) is 5.91 Å². The van der Waals surface area contributed by atoms with Crippen LogP contribution in [0.15, 0.2) is 72.8 Å².